The highest BCUT2D eigenvalue weighted by atomic mass is 35.5. The number of nitriles is 1. The largest absolute Gasteiger partial charge is 0.493 e. The molecule has 2 aromatic carbocycles. The second kappa shape index (κ2) is 9.01. The van der Waals surface area contributed by atoms with Gasteiger partial charge in [-0.1, -0.05) is 29.8 Å². The van der Waals surface area contributed by atoms with Crippen molar-refractivity contribution < 1.29 is 23.0 Å². The fourth-order valence-corrected chi connectivity index (χ4v) is 2.51. The Balaban J connectivity index is 2.34. The third-order valence-corrected chi connectivity index (χ3v) is 3.81. The third kappa shape index (κ3) is 5.19. The molecule has 0 unspecified atom stereocenters. The average molecular weight is 393 g/mol. The summed E-state index contributed by atoms with van der Waals surface area (Å²) in [7, 11) is 1.26. The molecule has 0 bridgehead atoms. The molecule has 0 aliphatic heterocycles. The minimum absolute atomic E-state index is 0.0503. The summed E-state index contributed by atoms with van der Waals surface area (Å²) >= 11 is 5.96. The number of nitrogens with one attached hydrogen (secondary N) is 1. The van der Waals surface area contributed by atoms with Crippen molar-refractivity contribution in [3.8, 4) is 17.6 Å². The van der Waals surface area contributed by atoms with E-state index in [2.05, 4.69) is 10.1 Å². The number of nitrogens with zero attached hydrogens (tertiary/aromatic N) is 1. The van der Waals surface area contributed by atoms with Crippen molar-refractivity contribution in [2.24, 2.45) is 0 Å². The van der Waals surface area contributed by atoms with E-state index in [9.17, 15) is 18.8 Å². The molecule has 1 N–H and O–H groups in total. The number of para-hydroxylation sites is 1. The first-order valence-corrected chi connectivity index (χ1v) is 8.04. The Morgan fingerprint density at radius 1 is 1.33 bits per heavy atom. The lowest BCUT2D eigenvalue weighted by molar-refractivity contribution is -0.112. The van der Waals surface area contributed by atoms with Crippen LogP contribution in [-0.4, -0.2) is 19.6 Å². The highest BCUT2D eigenvalue weighted by Crippen LogP contribution is 2.38. The molecular formula is C19H15ClF2N2O3. The molecule has 2 aromatic rings. The number of carbonyl (C=O) groups is 1. The van der Waals surface area contributed by atoms with Gasteiger partial charge >= 0.3 is 6.61 Å². The molecule has 0 atom stereocenters. The molecule has 0 aromatic heterocycles. The number of aryl methyl sites for hydroxylation is 1. The molecule has 0 heterocycles. The van der Waals surface area contributed by atoms with E-state index in [1.807, 2.05) is 25.1 Å². The van der Waals surface area contributed by atoms with E-state index in [4.69, 9.17) is 16.3 Å². The van der Waals surface area contributed by atoms with Gasteiger partial charge in [-0.05, 0) is 42.3 Å². The van der Waals surface area contributed by atoms with Crippen LogP contribution in [0.15, 0.2) is 42.0 Å². The molecule has 8 heteroatoms. The van der Waals surface area contributed by atoms with Crippen LogP contribution in [0.2, 0.25) is 5.02 Å². The van der Waals surface area contributed by atoms with Gasteiger partial charge in [0.2, 0.25) is 0 Å². The number of halogens is 3. The standard InChI is InChI=1S/C19H15ClF2N2O3/c1-11-5-3-4-6-15(11)24-18(25)13(10-23)7-12-8-14(20)17(27-19(21)22)16(9-12)26-2/h3-9,19H,1-2H3,(H,24,25)/b13-7+. The summed E-state index contributed by atoms with van der Waals surface area (Å²) in [5.41, 5.74) is 1.52. The van der Waals surface area contributed by atoms with Gasteiger partial charge in [0.1, 0.15) is 11.6 Å². The summed E-state index contributed by atoms with van der Waals surface area (Å²) < 4.78 is 34.3. The van der Waals surface area contributed by atoms with E-state index >= 15 is 0 Å². The van der Waals surface area contributed by atoms with Crippen molar-refractivity contribution in [3.63, 3.8) is 0 Å². The molecule has 0 spiro atoms. The van der Waals surface area contributed by atoms with Crippen molar-refractivity contribution >= 4 is 29.3 Å². The van der Waals surface area contributed by atoms with E-state index in [1.54, 1.807) is 12.1 Å². The molecule has 0 saturated heterocycles. The van der Waals surface area contributed by atoms with E-state index < -0.39 is 12.5 Å². The molecule has 1 amide bonds. The Hall–Kier alpha value is -3.11. The number of hydrogen-bond acceptors (Lipinski definition) is 4. The van der Waals surface area contributed by atoms with Crippen LogP contribution in [0.5, 0.6) is 11.5 Å². The van der Waals surface area contributed by atoms with Crippen LogP contribution in [-0.2, 0) is 4.79 Å². The lowest BCUT2D eigenvalue weighted by Crippen LogP contribution is -2.14. The van der Waals surface area contributed by atoms with E-state index in [1.165, 1.54) is 25.3 Å². The van der Waals surface area contributed by atoms with Gasteiger partial charge in [0, 0.05) is 5.69 Å². The third-order valence-electron chi connectivity index (χ3n) is 3.53. The second-order valence-corrected chi connectivity index (χ2v) is 5.76. The fourth-order valence-electron chi connectivity index (χ4n) is 2.24. The summed E-state index contributed by atoms with van der Waals surface area (Å²) in [6.07, 6.45) is 1.27. The summed E-state index contributed by atoms with van der Waals surface area (Å²) in [6.45, 7) is -1.26. The number of carbonyl (C=O) groups excluding carboxylic acids is 1. The fraction of sp³-hybridized carbons (Fsp3) is 0.158. The number of hydrogen-bond donors (Lipinski definition) is 1. The van der Waals surface area contributed by atoms with Gasteiger partial charge in [0.25, 0.3) is 5.91 Å². The van der Waals surface area contributed by atoms with Crippen molar-refractivity contribution in [2.75, 3.05) is 12.4 Å². The summed E-state index contributed by atoms with van der Waals surface area (Å²) in [5.74, 6) is -0.991. The molecule has 0 fully saturated rings. The topological polar surface area (TPSA) is 71.3 Å². The van der Waals surface area contributed by atoms with Gasteiger partial charge in [-0.25, -0.2) is 0 Å². The molecule has 140 valence electrons. The number of alkyl halides is 2. The zero-order valence-electron chi connectivity index (χ0n) is 14.4. The van der Waals surface area contributed by atoms with Crippen molar-refractivity contribution in [1.82, 2.24) is 0 Å². The van der Waals surface area contributed by atoms with Gasteiger partial charge in [0.15, 0.2) is 11.5 Å². The van der Waals surface area contributed by atoms with Gasteiger partial charge in [-0.2, -0.15) is 14.0 Å². The second-order valence-electron chi connectivity index (χ2n) is 5.35. The van der Waals surface area contributed by atoms with Crippen molar-refractivity contribution in [3.05, 3.63) is 58.1 Å². The Bertz CT molecular complexity index is 924. The van der Waals surface area contributed by atoms with E-state index in [0.717, 1.165) is 5.56 Å². The smallest absolute Gasteiger partial charge is 0.387 e. The summed E-state index contributed by atoms with van der Waals surface area (Å²) in [6, 6.07) is 11.5. The van der Waals surface area contributed by atoms with Crippen LogP contribution in [0.1, 0.15) is 11.1 Å². The predicted octanol–water partition coefficient (Wildman–Crippen LogP) is 4.80. The lowest BCUT2D eigenvalue weighted by atomic mass is 10.1. The first-order chi connectivity index (χ1) is 12.8. The highest BCUT2D eigenvalue weighted by Gasteiger charge is 2.17. The zero-order valence-corrected chi connectivity index (χ0v) is 15.2. The number of methoxy groups -OCH3 is 1. The lowest BCUT2D eigenvalue weighted by Gasteiger charge is -2.12. The summed E-state index contributed by atoms with van der Waals surface area (Å²) in [4.78, 5) is 12.4. The Morgan fingerprint density at radius 3 is 2.63 bits per heavy atom. The molecule has 0 aliphatic carbocycles. The molecular weight excluding hydrogens is 378 g/mol. The average Bonchev–Trinajstić information content (AvgIpc) is 2.63. The van der Waals surface area contributed by atoms with Crippen LogP contribution in [0.3, 0.4) is 0 Å². The van der Waals surface area contributed by atoms with Gasteiger partial charge < -0.3 is 14.8 Å². The number of rotatable bonds is 6. The molecule has 0 saturated carbocycles. The van der Waals surface area contributed by atoms with Crippen LogP contribution in [0.25, 0.3) is 6.08 Å². The molecule has 27 heavy (non-hydrogen) atoms. The first kappa shape index (κ1) is 20.2. The van der Waals surface area contributed by atoms with Crippen LogP contribution in [0, 0.1) is 18.3 Å². The Kier molecular flexibility index (Phi) is 6.74. The van der Waals surface area contributed by atoms with Gasteiger partial charge in [0.05, 0.1) is 12.1 Å². The quantitative estimate of drug-likeness (QED) is 0.566. The normalized spacial score (nSPS) is 11.1. The zero-order chi connectivity index (χ0) is 20.0. The number of benzene rings is 2. The maximum atomic E-state index is 12.5. The molecule has 0 aliphatic rings. The highest BCUT2D eigenvalue weighted by molar-refractivity contribution is 6.32. The van der Waals surface area contributed by atoms with E-state index in [-0.39, 0.29) is 22.1 Å². The SMILES string of the molecule is COc1cc(/C=C(\C#N)C(=O)Nc2ccccc2C)cc(Cl)c1OC(F)F. The number of ether oxygens (including phenoxy) is 2. The predicted molar refractivity (Wildman–Crippen MR) is 98.0 cm³/mol. The van der Waals surface area contributed by atoms with Crippen molar-refractivity contribution in [2.45, 2.75) is 13.5 Å². The number of amides is 1. The first-order valence-electron chi connectivity index (χ1n) is 7.66. The monoisotopic (exact) mass is 392 g/mol. The van der Waals surface area contributed by atoms with Gasteiger partial charge in [-0.15, -0.1) is 0 Å². The molecule has 2 rings (SSSR count). The maximum absolute atomic E-state index is 12.5. The Labute approximate surface area is 159 Å². The van der Waals surface area contributed by atoms with Crippen LogP contribution >= 0.6 is 11.6 Å². The minimum Gasteiger partial charge on any atom is -0.493 e. The molecule has 0 radical (unpaired) electrons. The summed E-state index contributed by atoms with van der Waals surface area (Å²) in [5, 5.41) is 11.8. The van der Waals surface area contributed by atoms with Gasteiger partial charge in [-0.3, -0.25) is 4.79 Å². The maximum Gasteiger partial charge on any atom is 0.387 e. The van der Waals surface area contributed by atoms with Crippen molar-refractivity contribution in [1.29, 1.82) is 5.26 Å². The van der Waals surface area contributed by atoms with Crippen LogP contribution < -0.4 is 14.8 Å². The number of anilines is 1. The van der Waals surface area contributed by atoms with Crippen LogP contribution in [0.4, 0.5) is 14.5 Å². The van der Waals surface area contributed by atoms with E-state index in [0.29, 0.717) is 11.3 Å². The Morgan fingerprint density at radius 2 is 2.04 bits per heavy atom. The molecule has 5 nitrogen and oxygen atoms in total. The minimum atomic E-state index is -3.08.